The Balaban J connectivity index is 1.77. The Morgan fingerprint density at radius 3 is 2.36 bits per heavy atom. The average Bonchev–Trinajstić information content (AvgIpc) is 3.43. The lowest BCUT2D eigenvalue weighted by Crippen LogP contribution is -2.24. The molecule has 0 amide bonds. The van der Waals surface area contributed by atoms with Gasteiger partial charge in [-0.1, -0.05) is 74.8 Å². The Kier molecular flexibility index (Phi) is 6.76. The molecular weight excluding hydrogens is 537 g/mol. The van der Waals surface area contributed by atoms with Crippen molar-refractivity contribution in [3.8, 4) is 33.9 Å². The van der Waals surface area contributed by atoms with Crippen molar-refractivity contribution in [1.82, 2.24) is 19.5 Å². The summed E-state index contributed by atoms with van der Waals surface area (Å²) >= 11 is 6.38. The van der Waals surface area contributed by atoms with E-state index in [9.17, 15) is 12.8 Å². The van der Waals surface area contributed by atoms with Gasteiger partial charge in [0.15, 0.2) is 0 Å². The molecule has 0 aliphatic heterocycles. The second-order valence-electron chi connectivity index (χ2n) is 10.7. The number of sulfonamides is 1. The number of nitrogens with one attached hydrogen (secondary N) is 2. The van der Waals surface area contributed by atoms with Crippen molar-refractivity contribution in [3.63, 3.8) is 0 Å². The lowest BCUT2D eigenvalue weighted by Gasteiger charge is -2.30. The molecule has 3 aromatic carbocycles. The van der Waals surface area contributed by atoms with Crippen LogP contribution in [0.15, 0.2) is 66.7 Å². The summed E-state index contributed by atoms with van der Waals surface area (Å²) in [4.78, 5) is 12.7. The van der Waals surface area contributed by atoms with E-state index in [4.69, 9.17) is 16.6 Å². The zero-order chi connectivity index (χ0) is 28.1. The lowest BCUT2D eigenvalue weighted by molar-refractivity contribution is 0.270. The number of rotatable bonds is 6. The van der Waals surface area contributed by atoms with Crippen LogP contribution < -0.4 is 4.72 Å². The van der Waals surface area contributed by atoms with Gasteiger partial charge in [-0.05, 0) is 36.6 Å². The van der Waals surface area contributed by atoms with Crippen LogP contribution in [0.25, 0.3) is 44.9 Å². The van der Waals surface area contributed by atoms with Gasteiger partial charge < -0.3 is 9.55 Å². The predicted molar refractivity (Wildman–Crippen MR) is 156 cm³/mol. The number of hydrogen-bond donors (Lipinski definition) is 2. The first kappa shape index (κ1) is 26.9. The molecule has 0 saturated heterocycles. The van der Waals surface area contributed by atoms with E-state index < -0.39 is 15.8 Å². The van der Waals surface area contributed by atoms with Crippen LogP contribution in [-0.2, 0) is 10.0 Å². The van der Waals surface area contributed by atoms with Crippen molar-refractivity contribution in [2.24, 2.45) is 5.41 Å². The summed E-state index contributed by atoms with van der Waals surface area (Å²) < 4.78 is 43.7. The van der Waals surface area contributed by atoms with E-state index in [2.05, 4.69) is 35.5 Å². The standard InChI is InChI=1S/C29H29ClFN5O2S/c1-17(29(2,3)4)36-23-16-19(14-15-22(23)32-28(36)35-39(5,37)38)26-25(18-10-7-6-8-11-18)33-27(34-26)24-20(30)12-9-13-21(24)31/h6-17H,1-5H3,(H,32,35)(H,33,34). The van der Waals surface area contributed by atoms with Gasteiger partial charge in [-0.2, -0.15) is 0 Å². The van der Waals surface area contributed by atoms with Crippen LogP contribution in [0.5, 0.6) is 0 Å². The molecule has 2 heterocycles. The van der Waals surface area contributed by atoms with Crippen LogP contribution in [0.2, 0.25) is 5.02 Å². The van der Waals surface area contributed by atoms with Crippen LogP contribution in [0.1, 0.15) is 33.7 Å². The van der Waals surface area contributed by atoms with Crippen LogP contribution >= 0.6 is 11.6 Å². The molecule has 5 rings (SSSR count). The molecule has 0 spiro atoms. The van der Waals surface area contributed by atoms with Crippen molar-refractivity contribution in [2.75, 3.05) is 11.0 Å². The van der Waals surface area contributed by atoms with Gasteiger partial charge in [0.2, 0.25) is 16.0 Å². The number of anilines is 1. The van der Waals surface area contributed by atoms with E-state index in [1.807, 2.05) is 60.0 Å². The third-order valence-electron chi connectivity index (χ3n) is 6.85. The Labute approximate surface area is 232 Å². The highest BCUT2D eigenvalue weighted by molar-refractivity contribution is 7.92. The molecule has 5 aromatic rings. The number of imidazole rings is 2. The maximum atomic E-state index is 14.9. The molecule has 0 saturated carbocycles. The van der Waals surface area contributed by atoms with E-state index in [0.29, 0.717) is 22.7 Å². The van der Waals surface area contributed by atoms with E-state index in [-0.39, 0.29) is 28.0 Å². The molecule has 0 aliphatic carbocycles. The van der Waals surface area contributed by atoms with E-state index in [0.717, 1.165) is 22.9 Å². The molecule has 0 aliphatic rings. The highest BCUT2D eigenvalue weighted by Gasteiger charge is 2.28. The van der Waals surface area contributed by atoms with E-state index in [1.165, 1.54) is 6.07 Å². The number of H-pyrrole nitrogens is 1. The average molecular weight is 566 g/mol. The number of aromatic nitrogens is 4. The number of fused-ring (bicyclic) bond motifs is 1. The summed E-state index contributed by atoms with van der Waals surface area (Å²) in [7, 11) is -3.57. The summed E-state index contributed by atoms with van der Waals surface area (Å²) in [6.07, 6.45) is 1.11. The third-order valence-corrected chi connectivity index (χ3v) is 7.71. The second-order valence-corrected chi connectivity index (χ2v) is 12.9. The first-order valence-corrected chi connectivity index (χ1v) is 14.7. The number of nitrogens with zero attached hydrogens (tertiary/aromatic N) is 3. The second kappa shape index (κ2) is 9.81. The fraction of sp³-hybridized carbons (Fsp3) is 0.241. The summed E-state index contributed by atoms with van der Waals surface area (Å²) in [5.74, 6) is 0.0747. The summed E-state index contributed by atoms with van der Waals surface area (Å²) in [5, 5.41) is 0.249. The van der Waals surface area contributed by atoms with Crippen molar-refractivity contribution < 1.29 is 12.8 Å². The summed E-state index contributed by atoms with van der Waals surface area (Å²) in [5.41, 5.74) is 4.30. The first-order chi connectivity index (χ1) is 18.3. The van der Waals surface area contributed by atoms with Crippen molar-refractivity contribution in [2.45, 2.75) is 33.7 Å². The van der Waals surface area contributed by atoms with Gasteiger partial charge in [0.25, 0.3) is 0 Å². The zero-order valence-corrected chi connectivity index (χ0v) is 23.8. The van der Waals surface area contributed by atoms with Crippen molar-refractivity contribution in [3.05, 3.63) is 77.6 Å². The monoisotopic (exact) mass is 565 g/mol. The molecule has 1 atom stereocenters. The van der Waals surface area contributed by atoms with Crippen LogP contribution in [0, 0.1) is 11.2 Å². The normalized spacial score (nSPS) is 13.1. The third kappa shape index (κ3) is 5.29. The molecule has 7 nitrogen and oxygen atoms in total. The van der Waals surface area contributed by atoms with Gasteiger partial charge in [-0.25, -0.2) is 22.8 Å². The van der Waals surface area contributed by atoms with Crippen LogP contribution in [-0.4, -0.2) is 34.2 Å². The Morgan fingerprint density at radius 1 is 1.00 bits per heavy atom. The molecule has 2 N–H and O–H groups in total. The fourth-order valence-electron chi connectivity index (χ4n) is 4.50. The molecule has 0 fully saturated rings. The minimum atomic E-state index is -3.57. The quantitative estimate of drug-likeness (QED) is 0.222. The number of hydrogen-bond acceptors (Lipinski definition) is 4. The molecule has 39 heavy (non-hydrogen) atoms. The van der Waals surface area contributed by atoms with Crippen LogP contribution in [0.4, 0.5) is 10.3 Å². The predicted octanol–water partition coefficient (Wildman–Crippen LogP) is 7.53. The molecule has 1 unspecified atom stereocenters. The number of halogens is 2. The van der Waals surface area contributed by atoms with Gasteiger partial charge in [-0.15, -0.1) is 0 Å². The molecule has 0 bridgehead atoms. The van der Waals surface area contributed by atoms with Gasteiger partial charge >= 0.3 is 0 Å². The SMILES string of the molecule is CC(n1c(NS(C)(=O)=O)nc2ccc(-c3nc(-c4c(F)cccc4Cl)[nH]c3-c3ccccc3)cc21)C(C)(C)C. The lowest BCUT2D eigenvalue weighted by atomic mass is 9.87. The zero-order valence-electron chi connectivity index (χ0n) is 22.3. The minimum Gasteiger partial charge on any atom is -0.337 e. The Hall–Kier alpha value is -3.69. The molecule has 10 heteroatoms. The smallest absolute Gasteiger partial charge is 0.232 e. The molecule has 2 aromatic heterocycles. The largest absolute Gasteiger partial charge is 0.337 e. The maximum Gasteiger partial charge on any atom is 0.232 e. The highest BCUT2D eigenvalue weighted by Crippen LogP contribution is 2.40. The molecule has 202 valence electrons. The van der Waals surface area contributed by atoms with Gasteiger partial charge in [-0.3, -0.25) is 4.72 Å². The number of aromatic amines is 1. The molecule has 0 radical (unpaired) electrons. The summed E-state index contributed by atoms with van der Waals surface area (Å²) in [6, 6.07) is 19.7. The van der Waals surface area contributed by atoms with E-state index in [1.54, 1.807) is 12.1 Å². The highest BCUT2D eigenvalue weighted by atomic mass is 35.5. The Bertz CT molecular complexity index is 1770. The van der Waals surface area contributed by atoms with Crippen molar-refractivity contribution in [1.29, 1.82) is 0 Å². The minimum absolute atomic E-state index is 0.109. The topological polar surface area (TPSA) is 92.7 Å². The Morgan fingerprint density at radius 2 is 1.72 bits per heavy atom. The van der Waals surface area contributed by atoms with Gasteiger partial charge in [0, 0.05) is 17.2 Å². The van der Waals surface area contributed by atoms with Crippen molar-refractivity contribution >= 4 is 38.6 Å². The van der Waals surface area contributed by atoms with Crippen LogP contribution in [0.3, 0.4) is 0 Å². The van der Waals surface area contributed by atoms with Gasteiger partial charge in [0.05, 0.1) is 39.3 Å². The summed E-state index contributed by atoms with van der Waals surface area (Å²) in [6.45, 7) is 8.29. The molecular formula is C29H29ClFN5O2S. The fourth-order valence-corrected chi connectivity index (χ4v) is 5.22. The number of benzene rings is 3. The maximum absolute atomic E-state index is 14.9. The van der Waals surface area contributed by atoms with E-state index >= 15 is 0 Å². The van der Waals surface area contributed by atoms with Gasteiger partial charge in [0.1, 0.15) is 11.6 Å². The first-order valence-electron chi connectivity index (χ1n) is 12.4.